The third kappa shape index (κ3) is 4.04. The Morgan fingerprint density at radius 3 is 2.72 bits per heavy atom. The van der Waals surface area contributed by atoms with Gasteiger partial charge >= 0.3 is 0 Å². The van der Waals surface area contributed by atoms with E-state index in [1.54, 1.807) is 6.08 Å². The first-order valence-electron chi connectivity index (χ1n) is 6.59. The minimum atomic E-state index is 0.293. The van der Waals surface area contributed by atoms with Gasteiger partial charge in [-0.3, -0.25) is 0 Å². The zero-order valence-electron chi connectivity index (χ0n) is 12.0. The molecule has 0 aliphatic heterocycles. The number of nitrogens with zero attached hydrogens (tertiary/aromatic N) is 1. The third-order valence-electron chi connectivity index (χ3n) is 3.59. The van der Waals surface area contributed by atoms with E-state index in [4.69, 9.17) is 5.26 Å². The van der Waals surface area contributed by atoms with E-state index in [0.29, 0.717) is 5.41 Å². The van der Waals surface area contributed by atoms with E-state index in [1.165, 1.54) is 42.1 Å². The smallest absolute Gasteiger partial charge is 0.0912 e. The van der Waals surface area contributed by atoms with Crippen molar-refractivity contribution in [2.45, 2.75) is 47.0 Å². The molecule has 0 aromatic rings. The number of nitriles is 1. The molecule has 1 aliphatic carbocycles. The normalized spacial score (nSPS) is 20.7. The maximum atomic E-state index is 8.42. The Balaban J connectivity index is 2.86. The average Bonchev–Trinajstić information content (AvgIpc) is 2.28. The fraction of sp³-hybridized carbons (Fsp3) is 0.471. The van der Waals surface area contributed by atoms with E-state index in [1.807, 2.05) is 12.1 Å². The monoisotopic (exact) mass is 241 g/mol. The van der Waals surface area contributed by atoms with Crippen molar-refractivity contribution in [2.75, 3.05) is 0 Å². The quantitative estimate of drug-likeness (QED) is 0.498. The second kappa shape index (κ2) is 6.40. The van der Waals surface area contributed by atoms with Gasteiger partial charge in [-0.05, 0) is 44.1 Å². The Hall–Kier alpha value is -1.55. The molecule has 0 heterocycles. The van der Waals surface area contributed by atoms with Crippen LogP contribution in [0, 0.1) is 16.7 Å². The molecule has 1 rings (SSSR count). The Bertz CT molecular complexity index is 450. The van der Waals surface area contributed by atoms with Crippen LogP contribution in [0.2, 0.25) is 0 Å². The molecule has 0 amide bonds. The standard InChI is InChI=1S/C17H23N/c1-14(8-5-6-13-18)10-11-16-15(2)9-7-12-17(16,3)4/h5-6,8,10-11H,7,9,12H2,1-4H3/b6-5-,11-10+,14-8+. The van der Waals surface area contributed by atoms with Gasteiger partial charge in [-0.1, -0.05) is 49.3 Å². The Morgan fingerprint density at radius 2 is 2.11 bits per heavy atom. The molecule has 0 aromatic heterocycles. The number of allylic oxidation sites excluding steroid dienone is 8. The highest BCUT2D eigenvalue weighted by atomic mass is 14.3. The summed E-state index contributed by atoms with van der Waals surface area (Å²) in [6.45, 7) is 8.95. The molecule has 1 aliphatic rings. The van der Waals surface area contributed by atoms with E-state index in [-0.39, 0.29) is 0 Å². The van der Waals surface area contributed by atoms with Crippen molar-refractivity contribution < 1.29 is 0 Å². The summed E-state index contributed by atoms with van der Waals surface area (Å²) in [6.07, 6.45) is 13.4. The van der Waals surface area contributed by atoms with E-state index < -0.39 is 0 Å². The molecular formula is C17H23N. The molecule has 0 radical (unpaired) electrons. The second-order valence-corrected chi connectivity index (χ2v) is 5.66. The molecule has 0 fully saturated rings. The molecule has 18 heavy (non-hydrogen) atoms. The second-order valence-electron chi connectivity index (χ2n) is 5.66. The van der Waals surface area contributed by atoms with Gasteiger partial charge < -0.3 is 0 Å². The van der Waals surface area contributed by atoms with E-state index in [2.05, 4.69) is 39.8 Å². The Morgan fingerprint density at radius 1 is 1.39 bits per heavy atom. The van der Waals surface area contributed by atoms with Crippen LogP contribution in [0.25, 0.3) is 0 Å². The summed E-state index contributed by atoms with van der Waals surface area (Å²) >= 11 is 0. The van der Waals surface area contributed by atoms with Crippen molar-refractivity contribution in [3.8, 4) is 6.07 Å². The summed E-state index contributed by atoms with van der Waals surface area (Å²) in [5.74, 6) is 0. The fourth-order valence-electron chi connectivity index (χ4n) is 2.52. The lowest BCUT2D eigenvalue weighted by molar-refractivity contribution is 0.377. The lowest BCUT2D eigenvalue weighted by Gasteiger charge is -2.32. The van der Waals surface area contributed by atoms with Gasteiger partial charge in [0.2, 0.25) is 0 Å². The first-order chi connectivity index (χ1) is 8.47. The van der Waals surface area contributed by atoms with E-state index in [0.717, 1.165) is 0 Å². The average molecular weight is 241 g/mol. The molecule has 0 aromatic carbocycles. The molecular weight excluding hydrogens is 218 g/mol. The number of hydrogen-bond donors (Lipinski definition) is 0. The number of hydrogen-bond acceptors (Lipinski definition) is 1. The zero-order valence-corrected chi connectivity index (χ0v) is 12.0. The summed E-state index contributed by atoms with van der Waals surface area (Å²) < 4.78 is 0. The predicted octanol–water partition coefficient (Wildman–Crippen LogP) is 5.10. The molecule has 0 bridgehead atoms. The lowest BCUT2D eigenvalue weighted by Crippen LogP contribution is -2.19. The highest BCUT2D eigenvalue weighted by molar-refractivity contribution is 5.36. The Kier molecular flexibility index (Phi) is 5.16. The third-order valence-corrected chi connectivity index (χ3v) is 3.59. The van der Waals surface area contributed by atoms with Crippen LogP contribution in [0.1, 0.15) is 47.0 Å². The minimum absolute atomic E-state index is 0.293. The van der Waals surface area contributed by atoms with Crippen LogP contribution in [-0.4, -0.2) is 0 Å². The van der Waals surface area contributed by atoms with Crippen molar-refractivity contribution in [3.63, 3.8) is 0 Å². The van der Waals surface area contributed by atoms with Crippen LogP contribution < -0.4 is 0 Å². The molecule has 0 saturated heterocycles. The summed E-state index contributed by atoms with van der Waals surface area (Å²) in [5, 5.41) is 8.42. The van der Waals surface area contributed by atoms with Crippen LogP contribution in [-0.2, 0) is 0 Å². The molecule has 1 nitrogen and oxygen atoms in total. The summed E-state index contributed by atoms with van der Waals surface area (Å²) in [7, 11) is 0. The molecule has 0 spiro atoms. The largest absolute Gasteiger partial charge is 0.193 e. The van der Waals surface area contributed by atoms with Crippen LogP contribution in [0.4, 0.5) is 0 Å². The van der Waals surface area contributed by atoms with Gasteiger partial charge in [0, 0.05) is 6.08 Å². The fourth-order valence-corrected chi connectivity index (χ4v) is 2.52. The lowest BCUT2D eigenvalue weighted by atomic mass is 9.72. The van der Waals surface area contributed by atoms with Crippen LogP contribution in [0.3, 0.4) is 0 Å². The van der Waals surface area contributed by atoms with Crippen molar-refractivity contribution >= 4 is 0 Å². The molecule has 0 unspecified atom stereocenters. The molecule has 0 N–H and O–H groups in total. The van der Waals surface area contributed by atoms with Crippen LogP contribution >= 0.6 is 0 Å². The summed E-state index contributed by atoms with van der Waals surface area (Å²) in [6, 6.07) is 1.99. The van der Waals surface area contributed by atoms with Gasteiger partial charge in [-0.2, -0.15) is 5.26 Å². The van der Waals surface area contributed by atoms with Gasteiger partial charge in [0.25, 0.3) is 0 Å². The van der Waals surface area contributed by atoms with Crippen molar-refractivity contribution in [1.29, 1.82) is 5.26 Å². The summed E-state index contributed by atoms with van der Waals surface area (Å²) in [5.41, 5.74) is 4.46. The number of rotatable bonds is 3. The molecule has 0 atom stereocenters. The van der Waals surface area contributed by atoms with E-state index >= 15 is 0 Å². The van der Waals surface area contributed by atoms with Gasteiger partial charge in [-0.15, -0.1) is 0 Å². The molecule has 96 valence electrons. The molecule has 0 saturated carbocycles. The minimum Gasteiger partial charge on any atom is -0.193 e. The molecule has 1 heteroatoms. The Labute approximate surface area is 111 Å². The van der Waals surface area contributed by atoms with Crippen LogP contribution in [0.5, 0.6) is 0 Å². The van der Waals surface area contributed by atoms with Crippen molar-refractivity contribution in [1.82, 2.24) is 0 Å². The first kappa shape index (κ1) is 14.5. The van der Waals surface area contributed by atoms with Crippen molar-refractivity contribution in [3.05, 3.63) is 47.1 Å². The first-order valence-corrected chi connectivity index (χ1v) is 6.59. The van der Waals surface area contributed by atoms with Gasteiger partial charge in [0.05, 0.1) is 6.07 Å². The van der Waals surface area contributed by atoms with Gasteiger partial charge in [0.1, 0.15) is 0 Å². The topological polar surface area (TPSA) is 23.8 Å². The van der Waals surface area contributed by atoms with Gasteiger partial charge in [0.15, 0.2) is 0 Å². The van der Waals surface area contributed by atoms with Gasteiger partial charge in [-0.25, -0.2) is 0 Å². The summed E-state index contributed by atoms with van der Waals surface area (Å²) in [4.78, 5) is 0. The van der Waals surface area contributed by atoms with Crippen molar-refractivity contribution in [2.24, 2.45) is 5.41 Å². The predicted molar refractivity (Wildman–Crippen MR) is 78.0 cm³/mol. The van der Waals surface area contributed by atoms with E-state index in [9.17, 15) is 0 Å². The highest BCUT2D eigenvalue weighted by Gasteiger charge is 2.26. The SMILES string of the molecule is CC1=C(/C=C/C(C)=C/C=C\C#N)C(C)(C)CCC1. The maximum absolute atomic E-state index is 8.42. The maximum Gasteiger partial charge on any atom is 0.0912 e. The van der Waals surface area contributed by atoms with Crippen LogP contribution in [0.15, 0.2) is 47.1 Å². The zero-order chi connectivity index (χ0) is 13.6. The highest BCUT2D eigenvalue weighted by Crippen LogP contribution is 2.40.